The molecule has 1 aromatic heterocycles. The van der Waals surface area contributed by atoms with E-state index in [1.165, 1.54) is 5.56 Å². The van der Waals surface area contributed by atoms with Crippen LogP contribution in [0.1, 0.15) is 38.4 Å². The number of carbonyl (C=O) groups is 1. The average molecular weight is 360 g/mol. The smallest absolute Gasteiger partial charge is 0.274 e. The van der Waals surface area contributed by atoms with E-state index in [9.17, 15) is 4.79 Å². The molecule has 0 aliphatic rings. The van der Waals surface area contributed by atoms with Crippen LogP contribution in [0.5, 0.6) is 0 Å². The van der Waals surface area contributed by atoms with Crippen molar-refractivity contribution in [2.24, 2.45) is 0 Å². The Labute approximate surface area is 159 Å². The quantitative estimate of drug-likeness (QED) is 0.699. The highest BCUT2D eigenvalue weighted by Crippen LogP contribution is 2.20. The van der Waals surface area contributed by atoms with Crippen LogP contribution in [0.25, 0.3) is 0 Å². The minimum absolute atomic E-state index is 0.239. The molecule has 3 rings (SSSR count). The normalized spacial score (nSPS) is 10.5. The Morgan fingerprint density at radius 1 is 0.926 bits per heavy atom. The van der Waals surface area contributed by atoms with Crippen molar-refractivity contribution in [1.29, 1.82) is 0 Å². The minimum Gasteiger partial charge on any atom is -0.350 e. The van der Waals surface area contributed by atoms with Crippen LogP contribution in [-0.2, 0) is 6.54 Å². The Bertz CT molecular complexity index is 962. The van der Waals surface area contributed by atoms with Crippen molar-refractivity contribution in [3.05, 3.63) is 82.2 Å². The molecular weight excluding hydrogens is 336 g/mol. The first-order valence-electron chi connectivity index (χ1n) is 8.95. The van der Waals surface area contributed by atoms with E-state index < -0.39 is 0 Å². The number of rotatable bonds is 5. The van der Waals surface area contributed by atoms with Crippen molar-refractivity contribution in [3.63, 3.8) is 0 Å². The molecular formula is C22H24N4O. The summed E-state index contributed by atoms with van der Waals surface area (Å²) in [5.74, 6) is 0.208. The number of amides is 1. The molecule has 3 aromatic rings. The highest BCUT2D eigenvalue weighted by molar-refractivity contribution is 6.03. The zero-order chi connectivity index (χ0) is 19.4. The van der Waals surface area contributed by atoms with Gasteiger partial charge in [-0.1, -0.05) is 48.0 Å². The molecule has 1 amide bonds. The number of aryl methyl sites for hydroxylation is 4. The van der Waals surface area contributed by atoms with Crippen molar-refractivity contribution < 1.29 is 4.79 Å². The number of para-hydroxylation sites is 1. The van der Waals surface area contributed by atoms with E-state index in [1.807, 2.05) is 51.1 Å². The fraction of sp³-hybridized carbons (Fsp3) is 0.227. The fourth-order valence-corrected chi connectivity index (χ4v) is 2.96. The number of benzene rings is 2. The molecule has 0 aliphatic heterocycles. The predicted octanol–water partition coefficient (Wildman–Crippen LogP) is 4.57. The molecule has 1 heterocycles. The largest absolute Gasteiger partial charge is 0.350 e. The van der Waals surface area contributed by atoms with Gasteiger partial charge in [-0.2, -0.15) is 0 Å². The Kier molecular flexibility index (Phi) is 5.50. The van der Waals surface area contributed by atoms with Gasteiger partial charge in [0.25, 0.3) is 5.91 Å². The van der Waals surface area contributed by atoms with Crippen LogP contribution in [0.15, 0.2) is 48.5 Å². The highest BCUT2D eigenvalue weighted by Gasteiger charge is 2.13. The second kappa shape index (κ2) is 7.99. The van der Waals surface area contributed by atoms with Gasteiger partial charge in [0.1, 0.15) is 5.69 Å². The van der Waals surface area contributed by atoms with E-state index in [4.69, 9.17) is 0 Å². The molecule has 0 unspecified atom stereocenters. The van der Waals surface area contributed by atoms with Gasteiger partial charge in [0, 0.05) is 17.9 Å². The van der Waals surface area contributed by atoms with E-state index in [1.54, 1.807) is 6.07 Å². The summed E-state index contributed by atoms with van der Waals surface area (Å²) in [6.07, 6.45) is 0. The van der Waals surface area contributed by atoms with Crippen molar-refractivity contribution in [2.45, 2.75) is 34.2 Å². The number of carbonyl (C=O) groups excluding carboxylic acids is 1. The van der Waals surface area contributed by atoms with E-state index in [2.05, 4.69) is 39.7 Å². The first-order chi connectivity index (χ1) is 12.9. The first kappa shape index (κ1) is 18.6. The summed E-state index contributed by atoms with van der Waals surface area (Å²) in [5.41, 5.74) is 6.29. The van der Waals surface area contributed by atoms with Gasteiger partial charge in [0.15, 0.2) is 0 Å². The summed E-state index contributed by atoms with van der Waals surface area (Å²) in [6, 6.07) is 15.9. The molecule has 0 spiro atoms. The van der Waals surface area contributed by atoms with Crippen molar-refractivity contribution in [1.82, 2.24) is 9.97 Å². The van der Waals surface area contributed by atoms with Crippen LogP contribution in [-0.4, -0.2) is 15.9 Å². The van der Waals surface area contributed by atoms with Crippen LogP contribution in [0.2, 0.25) is 0 Å². The number of anilines is 2. The van der Waals surface area contributed by atoms with Gasteiger partial charge in [0.05, 0.1) is 0 Å². The summed E-state index contributed by atoms with van der Waals surface area (Å²) in [7, 11) is 0. The molecule has 138 valence electrons. The Morgan fingerprint density at radius 2 is 1.63 bits per heavy atom. The molecule has 0 saturated heterocycles. The topological polar surface area (TPSA) is 66.9 Å². The average Bonchev–Trinajstić information content (AvgIpc) is 2.63. The van der Waals surface area contributed by atoms with Gasteiger partial charge in [-0.3, -0.25) is 4.79 Å². The van der Waals surface area contributed by atoms with Crippen LogP contribution in [0, 0.1) is 27.7 Å². The third-order valence-electron chi connectivity index (χ3n) is 4.34. The molecule has 2 aromatic carbocycles. The summed E-state index contributed by atoms with van der Waals surface area (Å²) in [6.45, 7) is 8.46. The van der Waals surface area contributed by atoms with Crippen LogP contribution in [0.3, 0.4) is 0 Å². The fourth-order valence-electron chi connectivity index (χ4n) is 2.96. The second-order valence-corrected chi connectivity index (χ2v) is 6.78. The van der Waals surface area contributed by atoms with Crippen LogP contribution >= 0.6 is 0 Å². The number of nitrogens with one attached hydrogen (secondary N) is 2. The number of nitrogens with zero attached hydrogens (tertiary/aromatic N) is 2. The van der Waals surface area contributed by atoms with E-state index in [0.717, 1.165) is 28.1 Å². The van der Waals surface area contributed by atoms with Crippen LogP contribution in [0.4, 0.5) is 11.6 Å². The maximum Gasteiger partial charge on any atom is 0.274 e. The lowest BCUT2D eigenvalue weighted by molar-refractivity contribution is 0.102. The molecule has 0 atom stereocenters. The third kappa shape index (κ3) is 4.70. The van der Waals surface area contributed by atoms with E-state index in [-0.39, 0.29) is 5.91 Å². The van der Waals surface area contributed by atoms with Gasteiger partial charge in [0.2, 0.25) is 5.95 Å². The lowest BCUT2D eigenvalue weighted by Crippen LogP contribution is -2.17. The lowest BCUT2D eigenvalue weighted by atomic mass is 10.1. The van der Waals surface area contributed by atoms with Gasteiger partial charge in [-0.25, -0.2) is 9.97 Å². The maximum absolute atomic E-state index is 12.7. The van der Waals surface area contributed by atoms with E-state index in [0.29, 0.717) is 18.2 Å². The number of hydrogen-bond donors (Lipinski definition) is 2. The molecule has 0 fully saturated rings. The summed E-state index contributed by atoms with van der Waals surface area (Å²) < 4.78 is 0. The van der Waals surface area contributed by atoms with Crippen molar-refractivity contribution in [2.75, 3.05) is 10.6 Å². The van der Waals surface area contributed by atoms with Gasteiger partial charge < -0.3 is 10.6 Å². The summed E-state index contributed by atoms with van der Waals surface area (Å²) in [4.78, 5) is 21.5. The second-order valence-electron chi connectivity index (χ2n) is 6.78. The highest BCUT2D eigenvalue weighted by atomic mass is 16.1. The Morgan fingerprint density at radius 3 is 2.33 bits per heavy atom. The minimum atomic E-state index is -0.239. The third-order valence-corrected chi connectivity index (χ3v) is 4.34. The van der Waals surface area contributed by atoms with Gasteiger partial charge >= 0.3 is 0 Å². The molecule has 27 heavy (non-hydrogen) atoms. The lowest BCUT2D eigenvalue weighted by Gasteiger charge is -2.12. The molecule has 5 heteroatoms. The molecule has 5 nitrogen and oxygen atoms in total. The SMILES string of the molecule is Cc1cccc(CNc2nc(C)cc(C(=O)Nc3c(C)cccc3C)n2)c1. The Hall–Kier alpha value is -3.21. The van der Waals surface area contributed by atoms with E-state index >= 15 is 0 Å². The molecule has 2 N–H and O–H groups in total. The zero-order valence-corrected chi connectivity index (χ0v) is 16.1. The molecule has 0 radical (unpaired) electrons. The van der Waals surface area contributed by atoms with Gasteiger partial charge in [-0.15, -0.1) is 0 Å². The molecule has 0 aliphatic carbocycles. The maximum atomic E-state index is 12.7. The first-order valence-corrected chi connectivity index (χ1v) is 8.95. The monoisotopic (exact) mass is 360 g/mol. The number of hydrogen-bond acceptors (Lipinski definition) is 4. The molecule has 0 saturated carbocycles. The Balaban J connectivity index is 1.77. The number of aromatic nitrogens is 2. The molecule has 0 bridgehead atoms. The van der Waals surface area contributed by atoms with Crippen LogP contribution < -0.4 is 10.6 Å². The van der Waals surface area contributed by atoms with Crippen molar-refractivity contribution in [3.8, 4) is 0 Å². The van der Waals surface area contributed by atoms with Crippen molar-refractivity contribution >= 4 is 17.5 Å². The summed E-state index contributed by atoms with van der Waals surface area (Å²) in [5, 5.41) is 6.18. The summed E-state index contributed by atoms with van der Waals surface area (Å²) >= 11 is 0. The predicted molar refractivity (Wildman–Crippen MR) is 109 cm³/mol. The zero-order valence-electron chi connectivity index (χ0n) is 16.1. The van der Waals surface area contributed by atoms with Gasteiger partial charge in [-0.05, 0) is 50.5 Å². The standard InChI is InChI=1S/C22H24N4O/c1-14-7-5-10-18(11-14)13-23-22-24-17(4)12-19(25-22)21(27)26-20-15(2)8-6-9-16(20)3/h5-12H,13H2,1-4H3,(H,26,27)(H,23,24,25).